The van der Waals surface area contributed by atoms with Crippen molar-refractivity contribution >= 4 is 5.91 Å². The van der Waals surface area contributed by atoms with Gasteiger partial charge in [-0.15, -0.1) is 5.10 Å². The third-order valence-electron chi connectivity index (χ3n) is 2.22. The predicted octanol–water partition coefficient (Wildman–Crippen LogP) is 0.302. The first-order valence-corrected chi connectivity index (χ1v) is 5.94. The summed E-state index contributed by atoms with van der Waals surface area (Å²) in [7, 11) is 0. The maximum atomic E-state index is 10.7. The summed E-state index contributed by atoms with van der Waals surface area (Å²) in [6.07, 6.45) is 2.79. The number of aryl methyl sites for hydroxylation is 1. The van der Waals surface area contributed by atoms with Crippen LogP contribution in [0.1, 0.15) is 32.9 Å². The number of nitrogens with zero attached hydrogens (tertiary/aromatic N) is 3. The lowest BCUT2D eigenvalue weighted by Crippen LogP contribution is -2.22. The number of carbonyl (C=O) groups is 1. The topological polar surface area (TPSA) is 71.8 Å². The lowest BCUT2D eigenvalue weighted by Gasteiger charge is -2.04. The molecule has 0 radical (unpaired) electrons. The first kappa shape index (κ1) is 13.6. The van der Waals surface area contributed by atoms with Gasteiger partial charge in [0.1, 0.15) is 0 Å². The van der Waals surface area contributed by atoms with E-state index in [0.717, 1.165) is 25.2 Å². The molecule has 0 aliphatic carbocycles. The standard InChI is InChI=1S/C11H21N5O/c1-9(2)13-7-11-8-16(15-14-11)6-4-5-12-10(3)17/h8-9,13H,4-7H2,1-3H3,(H,12,17). The van der Waals surface area contributed by atoms with Gasteiger partial charge < -0.3 is 10.6 Å². The number of nitrogens with one attached hydrogen (secondary N) is 2. The Bertz CT molecular complexity index is 347. The molecule has 96 valence electrons. The van der Waals surface area contributed by atoms with Crippen LogP contribution in [0.5, 0.6) is 0 Å². The van der Waals surface area contributed by atoms with E-state index in [9.17, 15) is 4.79 Å². The quantitative estimate of drug-likeness (QED) is 0.671. The minimum atomic E-state index is 0.00501. The fourth-order valence-electron chi connectivity index (χ4n) is 1.34. The zero-order valence-electron chi connectivity index (χ0n) is 10.7. The van der Waals surface area contributed by atoms with E-state index >= 15 is 0 Å². The van der Waals surface area contributed by atoms with Crippen LogP contribution in [0.2, 0.25) is 0 Å². The second-order valence-corrected chi connectivity index (χ2v) is 4.35. The van der Waals surface area contributed by atoms with Crippen LogP contribution < -0.4 is 10.6 Å². The first-order valence-electron chi connectivity index (χ1n) is 5.94. The summed E-state index contributed by atoms with van der Waals surface area (Å²) in [6, 6.07) is 0.444. The van der Waals surface area contributed by atoms with E-state index in [-0.39, 0.29) is 5.91 Å². The Hall–Kier alpha value is -1.43. The summed E-state index contributed by atoms with van der Waals surface area (Å²) >= 11 is 0. The summed E-state index contributed by atoms with van der Waals surface area (Å²) < 4.78 is 1.80. The monoisotopic (exact) mass is 239 g/mol. The molecule has 0 aliphatic heterocycles. The second-order valence-electron chi connectivity index (χ2n) is 4.35. The molecule has 0 spiro atoms. The number of amides is 1. The molecule has 1 aromatic rings. The Morgan fingerprint density at radius 3 is 2.94 bits per heavy atom. The third kappa shape index (κ3) is 6.01. The van der Waals surface area contributed by atoms with Gasteiger partial charge in [-0.2, -0.15) is 0 Å². The molecule has 0 aromatic carbocycles. The van der Waals surface area contributed by atoms with Gasteiger partial charge in [0.25, 0.3) is 0 Å². The number of aromatic nitrogens is 3. The molecule has 0 fully saturated rings. The van der Waals surface area contributed by atoms with Gasteiger partial charge >= 0.3 is 0 Å². The zero-order chi connectivity index (χ0) is 12.7. The molecule has 0 aliphatic rings. The van der Waals surface area contributed by atoms with Crippen molar-refractivity contribution in [3.05, 3.63) is 11.9 Å². The molecule has 6 heteroatoms. The number of hydrogen-bond donors (Lipinski definition) is 2. The molecule has 0 saturated heterocycles. The Morgan fingerprint density at radius 1 is 1.53 bits per heavy atom. The second kappa shape index (κ2) is 7.01. The van der Waals surface area contributed by atoms with Crippen LogP contribution in [0, 0.1) is 0 Å². The Kier molecular flexibility index (Phi) is 5.62. The van der Waals surface area contributed by atoms with Gasteiger partial charge in [0, 0.05) is 38.8 Å². The molecule has 1 heterocycles. The summed E-state index contributed by atoms with van der Waals surface area (Å²) in [4.78, 5) is 10.7. The van der Waals surface area contributed by atoms with Gasteiger partial charge in [-0.1, -0.05) is 19.1 Å². The molecular weight excluding hydrogens is 218 g/mol. The Balaban J connectivity index is 2.23. The molecular formula is C11H21N5O. The predicted molar refractivity (Wildman–Crippen MR) is 65.3 cm³/mol. The van der Waals surface area contributed by atoms with Crippen LogP contribution in [0.4, 0.5) is 0 Å². The van der Waals surface area contributed by atoms with Crippen molar-refractivity contribution in [1.29, 1.82) is 0 Å². The molecule has 0 bridgehead atoms. The van der Waals surface area contributed by atoms with Crippen molar-refractivity contribution < 1.29 is 4.79 Å². The number of carbonyl (C=O) groups excluding carboxylic acids is 1. The highest BCUT2D eigenvalue weighted by Crippen LogP contribution is 1.95. The zero-order valence-corrected chi connectivity index (χ0v) is 10.7. The van der Waals surface area contributed by atoms with E-state index in [2.05, 4.69) is 34.8 Å². The fraction of sp³-hybridized carbons (Fsp3) is 0.727. The highest BCUT2D eigenvalue weighted by Gasteiger charge is 2.01. The van der Waals surface area contributed by atoms with Gasteiger partial charge in [0.15, 0.2) is 0 Å². The fourth-order valence-corrected chi connectivity index (χ4v) is 1.34. The molecule has 1 rings (SSSR count). The highest BCUT2D eigenvalue weighted by atomic mass is 16.1. The largest absolute Gasteiger partial charge is 0.356 e. The minimum absolute atomic E-state index is 0.00501. The summed E-state index contributed by atoms with van der Waals surface area (Å²) in [5, 5.41) is 14.1. The van der Waals surface area contributed by atoms with Gasteiger partial charge in [0.2, 0.25) is 5.91 Å². The molecule has 17 heavy (non-hydrogen) atoms. The SMILES string of the molecule is CC(=O)NCCCn1cc(CNC(C)C)nn1. The van der Waals surface area contributed by atoms with Crippen LogP contribution in [0.15, 0.2) is 6.20 Å². The highest BCUT2D eigenvalue weighted by molar-refractivity contribution is 5.72. The smallest absolute Gasteiger partial charge is 0.216 e. The number of hydrogen-bond acceptors (Lipinski definition) is 4. The van der Waals surface area contributed by atoms with Crippen molar-refractivity contribution in [1.82, 2.24) is 25.6 Å². The maximum absolute atomic E-state index is 10.7. The van der Waals surface area contributed by atoms with E-state index in [4.69, 9.17) is 0 Å². The van der Waals surface area contributed by atoms with Gasteiger partial charge in [-0.25, -0.2) is 0 Å². The van der Waals surface area contributed by atoms with Crippen molar-refractivity contribution in [2.75, 3.05) is 6.54 Å². The minimum Gasteiger partial charge on any atom is -0.356 e. The molecule has 1 aromatic heterocycles. The van der Waals surface area contributed by atoms with E-state index in [1.807, 2.05) is 6.20 Å². The average Bonchev–Trinajstić information content (AvgIpc) is 2.69. The molecule has 0 saturated carbocycles. The molecule has 0 atom stereocenters. The molecule has 0 unspecified atom stereocenters. The van der Waals surface area contributed by atoms with Crippen molar-refractivity contribution in [3.63, 3.8) is 0 Å². The molecule has 2 N–H and O–H groups in total. The Labute approximate surface area is 102 Å². The van der Waals surface area contributed by atoms with E-state index in [0.29, 0.717) is 12.6 Å². The van der Waals surface area contributed by atoms with Crippen LogP contribution in [-0.4, -0.2) is 33.5 Å². The average molecular weight is 239 g/mol. The lowest BCUT2D eigenvalue weighted by molar-refractivity contribution is -0.118. The van der Waals surface area contributed by atoms with Crippen LogP contribution >= 0.6 is 0 Å². The normalized spacial score (nSPS) is 10.8. The van der Waals surface area contributed by atoms with Crippen molar-refractivity contribution in [3.8, 4) is 0 Å². The van der Waals surface area contributed by atoms with Crippen LogP contribution in [-0.2, 0) is 17.9 Å². The molecule has 1 amide bonds. The van der Waals surface area contributed by atoms with Crippen molar-refractivity contribution in [2.24, 2.45) is 0 Å². The van der Waals surface area contributed by atoms with Crippen molar-refractivity contribution in [2.45, 2.75) is 46.3 Å². The van der Waals surface area contributed by atoms with E-state index in [1.165, 1.54) is 6.92 Å². The molecule has 6 nitrogen and oxygen atoms in total. The third-order valence-corrected chi connectivity index (χ3v) is 2.22. The van der Waals surface area contributed by atoms with Gasteiger partial charge in [0.05, 0.1) is 5.69 Å². The Morgan fingerprint density at radius 2 is 2.29 bits per heavy atom. The number of rotatable bonds is 7. The maximum Gasteiger partial charge on any atom is 0.216 e. The lowest BCUT2D eigenvalue weighted by atomic mass is 10.3. The van der Waals surface area contributed by atoms with E-state index < -0.39 is 0 Å². The van der Waals surface area contributed by atoms with Gasteiger partial charge in [-0.3, -0.25) is 9.48 Å². The van der Waals surface area contributed by atoms with Crippen LogP contribution in [0.3, 0.4) is 0 Å². The van der Waals surface area contributed by atoms with Gasteiger partial charge in [-0.05, 0) is 6.42 Å². The first-order chi connectivity index (χ1) is 8.08. The van der Waals surface area contributed by atoms with Crippen LogP contribution in [0.25, 0.3) is 0 Å². The summed E-state index contributed by atoms with van der Waals surface area (Å²) in [6.45, 7) is 7.90. The summed E-state index contributed by atoms with van der Waals surface area (Å²) in [5.41, 5.74) is 0.943. The van der Waals surface area contributed by atoms with E-state index in [1.54, 1.807) is 4.68 Å². The summed E-state index contributed by atoms with van der Waals surface area (Å²) in [5.74, 6) is 0.00501.